The minimum Gasteiger partial charge on any atom is -0.482 e. The first-order valence-electron chi connectivity index (χ1n) is 9.37. The van der Waals surface area contributed by atoms with Gasteiger partial charge in [0.05, 0.1) is 11.9 Å². The number of esters is 1. The summed E-state index contributed by atoms with van der Waals surface area (Å²) in [5.74, 6) is -1.96. The van der Waals surface area contributed by atoms with Crippen molar-refractivity contribution in [3.8, 4) is 5.75 Å². The normalized spacial score (nSPS) is 15.2. The fourth-order valence-electron chi connectivity index (χ4n) is 2.89. The average molecular weight is 461 g/mol. The van der Waals surface area contributed by atoms with Gasteiger partial charge in [-0.2, -0.15) is 13.2 Å². The van der Waals surface area contributed by atoms with Gasteiger partial charge in [0.1, 0.15) is 17.0 Å². The molecular weight excluding hydrogens is 437 g/mol. The van der Waals surface area contributed by atoms with Gasteiger partial charge in [0.15, 0.2) is 6.61 Å². The zero-order valence-electron chi connectivity index (χ0n) is 17.7. The van der Waals surface area contributed by atoms with E-state index in [1.807, 2.05) is 0 Å². The largest absolute Gasteiger partial charge is 0.482 e. The molecule has 0 spiro atoms. The van der Waals surface area contributed by atoms with E-state index in [1.54, 1.807) is 27.7 Å². The number of alkyl halides is 3. The van der Waals surface area contributed by atoms with Crippen molar-refractivity contribution in [3.63, 3.8) is 0 Å². The maximum absolute atomic E-state index is 13.9. The van der Waals surface area contributed by atoms with Crippen LogP contribution in [0.2, 0.25) is 5.02 Å². The number of rotatable bonds is 6. The minimum absolute atomic E-state index is 0.0217. The Labute approximate surface area is 183 Å². The lowest BCUT2D eigenvalue weighted by atomic mass is 9.80. The molecule has 0 aliphatic heterocycles. The summed E-state index contributed by atoms with van der Waals surface area (Å²) < 4.78 is 52.3. The Morgan fingerprint density at radius 1 is 1.19 bits per heavy atom. The molecule has 0 aliphatic carbocycles. The van der Waals surface area contributed by atoms with E-state index in [4.69, 9.17) is 21.1 Å². The molecule has 1 N–H and O–H groups in total. The molecule has 0 bridgehead atoms. The monoisotopic (exact) mass is 460 g/mol. The van der Waals surface area contributed by atoms with E-state index in [9.17, 15) is 23.1 Å². The molecule has 2 rings (SSSR count). The van der Waals surface area contributed by atoms with E-state index >= 15 is 0 Å². The number of hydrogen-bond acceptors (Lipinski definition) is 6. The highest BCUT2D eigenvalue weighted by atomic mass is 35.5. The number of hydrogen-bond donors (Lipinski definition) is 1. The van der Waals surface area contributed by atoms with E-state index in [0.717, 1.165) is 12.4 Å². The van der Waals surface area contributed by atoms with Crippen LogP contribution in [0.15, 0.2) is 30.6 Å². The van der Waals surface area contributed by atoms with Crippen LogP contribution in [0, 0.1) is 6.92 Å². The lowest BCUT2D eigenvalue weighted by Gasteiger charge is -2.35. The molecule has 2 aromatic rings. The molecule has 31 heavy (non-hydrogen) atoms. The standard InChI is InChI=1S/C21H24ClF3N2O4/c1-12-9-27-17(10-26-12)20(29,21(23,24)25)13(2)15-7-6-14(8-16(15)22)30-11-18(28)31-19(3,4)5/h6-10,13,29H,11H2,1-5H3. The Morgan fingerprint density at radius 2 is 1.84 bits per heavy atom. The predicted molar refractivity (Wildman–Crippen MR) is 108 cm³/mol. The molecule has 2 atom stereocenters. The molecule has 0 saturated carbocycles. The Kier molecular flexibility index (Phi) is 7.22. The number of halogens is 4. The van der Waals surface area contributed by atoms with E-state index in [2.05, 4.69) is 9.97 Å². The highest BCUT2D eigenvalue weighted by Gasteiger charge is 2.60. The van der Waals surface area contributed by atoms with Gasteiger partial charge < -0.3 is 14.6 Å². The van der Waals surface area contributed by atoms with Crippen molar-refractivity contribution in [2.24, 2.45) is 0 Å². The molecule has 0 radical (unpaired) electrons. The highest BCUT2D eigenvalue weighted by molar-refractivity contribution is 6.31. The molecule has 1 heterocycles. The van der Waals surface area contributed by atoms with Crippen molar-refractivity contribution in [1.29, 1.82) is 0 Å². The van der Waals surface area contributed by atoms with Crippen molar-refractivity contribution in [1.82, 2.24) is 9.97 Å². The smallest absolute Gasteiger partial charge is 0.423 e. The van der Waals surface area contributed by atoms with Crippen molar-refractivity contribution >= 4 is 17.6 Å². The molecule has 6 nitrogen and oxygen atoms in total. The van der Waals surface area contributed by atoms with Crippen molar-refractivity contribution in [3.05, 3.63) is 52.6 Å². The van der Waals surface area contributed by atoms with Crippen molar-refractivity contribution in [2.75, 3.05) is 6.61 Å². The number of aromatic nitrogens is 2. The molecule has 0 fully saturated rings. The third-order valence-corrected chi connectivity index (χ3v) is 4.77. The summed E-state index contributed by atoms with van der Waals surface area (Å²) >= 11 is 6.20. The molecule has 2 unspecified atom stereocenters. The molecule has 0 aliphatic rings. The first kappa shape index (κ1) is 24.9. The van der Waals surface area contributed by atoms with Crippen molar-refractivity contribution < 1.29 is 32.5 Å². The van der Waals surface area contributed by atoms with Gasteiger partial charge in [-0.25, -0.2) is 4.79 Å². The molecule has 0 saturated heterocycles. The van der Waals surface area contributed by atoms with Gasteiger partial charge in [-0.15, -0.1) is 0 Å². The van der Waals surface area contributed by atoms with Crippen LogP contribution in [0.3, 0.4) is 0 Å². The van der Waals surface area contributed by atoms with E-state index in [1.165, 1.54) is 25.1 Å². The summed E-state index contributed by atoms with van der Waals surface area (Å²) in [6, 6.07) is 3.94. The van der Waals surface area contributed by atoms with Gasteiger partial charge in [0.2, 0.25) is 5.60 Å². The van der Waals surface area contributed by atoms with Crippen LogP contribution in [-0.4, -0.2) is 39.4 Å². The van der Waals surface area contributed by atoms with Crippen LogP contribution in [0.25, 0.3) is 0 Å². The summed E-state index contributed by atoms with van der Waals surface area (Å²) in [5, 5.41) is 10.7. The summed E-state index contributed by atoms with van der Waals surface area (Å²) in [7, 11) is 0. The van der Waals surface area contributed by atoms with Gasteiger partial charge >= 0.3 is 12.1 Å². The van der Waals surface area contributed by atoms with Crippen LogP contribution >= 0.6 is 11.6 Å². The molecule has 170 valence electrons. The number of benzene rings is 1. The van der Waals surface area contributed by atoms with E-state index in [0.29, 0.717) is 5.69 Å². The lowest BCUT2D eigenvalue weighted by Crippen LogP contribution is -2.47. The topological polar surface area (TPSA) is 81.5 Å². The zero-order valence-corrected chi connectivity index (χ0v) is 18.5. The second kappa shape index (κ2) is 9.00. The zero-order chi connectivity index (χ0) is 23.6. The Balaban J connectivity index is 2.30. The fraction of sp³-hybridized carbons (Fsp3) is 0.476. The number of ether oxygens (including phenoxy) is 2. The number of aliphatic hydroxyl groups is 1. The Morgan fingerprint density at radius 3 is 2.32 bits per heavy atom. The van der Waals surface area contributed by atoms with Crippen LogP contribution in [-0.2, 0) is 15.1 Å². The number of carbonyl (C=O) groups is 1. The minimum atomic E-state index is -5.05. The van der Waals surface area contributed by atoms with Gasteiger partial charge in [-0.1, -0.05) is 24.6 Å². The van der Waals surface area contributed by atoms with Crippen LogP contribution in [0.4, 0.5) is 13.2 Å². The maximum atomic E-state index is 13.9. The van der Waals surface area contributed by atoms with Gasteiger partial charge in [0.25, 0.3) is 0 Å². The highest BCUT2D eigenvalue weighted by Crippen LogP contribution is 2.49. The molecule has 0 amide bonds. The second-order valence-corrected chi connectivity index (χ2v) is 8.49. The summed E-state index contributed by atoms with van der Waals surface area (Å²) in [6.07, 6.45) is -3.01. The molecule has 10 heteroatoms. The Bertz CT molecular complexity index is 930. The second-order valence-electron chi connectivity index (χ2n) is 8.09. The van der Waals surface area contributed by atoms with Crippen LogP contribution < -0.4 is 4.74 Å². The van der Waals surface area contributed by atoms with E-state index < -0.39 is 41.6 Å². The van der Waals surface area contributed by atoms with Crippen LogP contribution in [0.5, 0.6) is 5.75 Å². The number of nitrogens with zero attached hydrogens (tertiary/aromatic N) is 2. The third-order valence-electron chi connectivity index (χ3n) is 4.45. The van der Waals surface area contributed by atoms with E-state index in [-0.39, 0.29) is 16.3 Å². The molecule has 1 aromatic heterocycles. The Hall–Kier alpha value is -2.39. The van der Waals surface area contributed by atoms with Gasteiger partial charge in [0, 0.05) is 17.1 Å². The van der Waals surface area contributed by atoms with Gasteiger partial charge in [-0.05, 0) is 45.4 Å². The summed E-state index contributed by atoms with van der Waals surface area (Å²) in [5.41, 5.74) is -4.22. The summed E-state index contributed by atoms with van der Waals surface area (Å²) in [4.78, 5) is 19.3. The fourth-order valence-corrected chi connectivity index (χ4v) is 3.22. The molecule has 1 aromatic carbocycles. The third kappa shape index (κ3) is 5.86. The number of carbonyl (C=O) groups excluding carboxylic acids is 1. The summed E-state index contributed by atoms with van der Waals surface area (Å²) in [6.45, 7) is 7.49. The quantitative estimate of drug-likeness (QED) is 0.628. The maximum Gasteiger partial charge on any atom is 0.423 e. The molecular formula is C21H24ClF3N2O4. The SMILES string of the molecule is Cc1cnc(C(O)(C(C)c2ccc(OCC(=O)OC(C)(C)C)cc2Cl)C(F)(F)F)cn1. The first-order valence-corrected chi connectivity index (χ1v) is 9.75. The van der Waals surface area contributed by atoms with Crippen LogP contribution in [0.1, 0.15) is 50.6 Å². The number of aryl methyl sites for hydroxylation is 1. The average Bonchev–Trinajstić information content (AvgIpc) is 2.63. The first-order chi connectivity index (χ1) is 14.1. The van der Waals surface area contributed by atoms with Crippen molar-refractivity contribution in [2.45, 2.75) is 57.9 Å². The lowest BCUT2D eigenvalue weighted by molar-refractivity contribution is -0.276. The predicted octanol–water partition coefficient (Wildman–Crippen LogP) is 4.71. The van der Waals surface area contributed by atoms with Gasteiger partial charge in [-0.3, -0.25) is 9.97 Å².